The van der Waals surface area contributed by atoms with Gasteiger partial charge in [-0.25, -0.2) is 4.98 Å². The highest BCUT2D eigenvalue weighted by atomic mass is 35.5. The van der Waals surface area contributed by atoms with Crippen LogP contribution in [0.2, 0.25) is 5.02 Å². The molecule has 0 unspecified atom stereocenters. The molecule has 0 spiro atoms. The Morgan fingerprint density at radius 1 is 1.10 bits per heavy atom. The highest BCUT2D eigenvalue weighted by Gasteiger charge is 2.05. The molecule has 0 fully saturated rings. The molecule has 1 aromatic carbocycles. The summed E-state index contributed by atoms with van der Waals surface area (Å²) in [5.41, 5.74) is 0.395. The number of aliphatic hydroxyl groups is 1. The number of benzene rings is 1. The van der Waals surface area contributed by atoms with E-state index in [1.165, 1.54) is 0 Å². The van der Waals surface area contributed by atoms with Gasteiger partial charge in [-0.15, -0.1) is 0 Å². The van der Waals surface area contributed by atoms with E-state index in [0.29, 0.717) is 29.0 Å². The van der Waals surface area contributed by atoms with E-state index < -0.39 is 0 Å². The zero-order valence-electron chi connectivity index (χ0n) is 11.2. The van der Waals surface area contributed by atoms with Gasteiger partial charge < -0.3 is 14.6 Å². The van der Waals surface area contributed by atoms with Gasteiger partial charge in [0.25, 0.3) is 0 Å². The molecule has 4 nitrogen and oxygen atoms in total. The lowest BCUT2D eigenvalue weighted by atomic mass is 10.3. The fourth-order valence-corrected chi connectivity index (χ4v) is 1.74. The molecule has 0 aliphatic heterocycles. The summed E-state index contributed by atoms with van der Waals surface area (Å²) in [6.07, 6.45) is 0.969. The Balaban J connectivity index is 2.06. The first-order valence-corrected chi connectivity index (χ1v) is 6.77. The molecule has 2 aromatic rings. The molecule has 0 saturated carbocycles. The predicted octanol–water partition coefficient (Wildman–Crippen LogP) is 3.81. The number of aromatic nitrogens is 1. The van der Waals surface area contributed by atoms with Crippen LogP contribution in [0.25, 0.3) is 0 Å². The summed E-state index contributed by atoms with van der Waals surface area (Å²) >= 11 is 5.87. The van der Waals surface area contributed by atoms with Crippen LogP contribution in [-0.2, 0) is 6.61 Å². The first-order valence-electron chi connectivity index (χ1n) is 6.40. The monoisotopic (exact) mass is 293 g/mol. The minimum Gasteiger partial charge on any atom is -0.494 e. The second kappa shape index (κ2) is 7.12. The molecule has 5 heteroatoms. The lowest BCUT2D eigenvalue weighted by Crippen LogP contribution is -1.96. The van der Waals surface area contributed by atoms with Crippen LogP contribution in [0.1, 0.15) is 19.0 Å². The number of nitrogens with zero attached hydrogens (tertiary/aromatic N) is 1. The standard InChI is InChI=1S/C15H16ClNO3/c1-2-9-19-11-3-5-12(6-4-11)20-15-8-7-13(16)14(10-18)17-15/h3-8,18H,2,9-10H2,1H3. The van der Waals surface area contributed by atoms with Crippen molar-refractivity contribution in [3.63, 3.8) is 0 Å². The number of hydrogen-bond acceptors (Lipinski definition) is 4. The largest absolute Gasteiger partial charge is 0.494 e. The van der Waals surface area contributed by atoms with Gasteiger partial charge in [-0.1, -0.05) is 18.5 Å². The Bertz CT molecular complexity index is 558. The van der Waals surface area contributed by atoms with Gasteiger partial charge in [-0.2, -0.15) is 0 Å². The smallest absolute Gasteiger partial charge is 0.219 e. The van der Waals surface area contributed by atoms with Crippen molar-refractivity contribution in [1.29, 1.82) is 0 Å². The molecule has 0 bridgehead atoms. The molecule has 2 rings (SSSR count). The number of rotatable bonds is 6. The van der Waals surface area contributed by atoms with Crippen LogP contribution < -0.4 is 9.47 Å². The molecule has 0 aliphatic carbocycles. The van der Waals surface area contributed by atoms with Gasteiger partial charge in [0.05, 0.1) is 23.9 Å². The van der Waals surface area contributed by atoms with Crippen LogP contribution in [0.15, 0.2) is 36.4 Å². The van der Waals surface area contributed by atoms with Gasteiger partial charge >= 0.3 is 0 Å². The Hall–Kier alpha value is -1.78. The van der Waals surface area contributed by atoms with Crippen molar-refractivity contribution >= 4 is 11.6 Å². The average molecular weight is 294 g/mol. The summed E-state index contributed by atoms with van der Waals surface area (Å²) in [6, 6.07) is 10.6. The van der Waals surface area contributed by atoms with Gasteiger partial charge in [0.1, 0.15) is 11.5 Å². The molecule has 0 radical (unpaired) electrons. The first kappa shape index (κ1) is 14.6. The van der Waals surface area contributed by atoms with Crippen molar-refractivity contribution in [3.8, 4) is 17.4 Å². The molecule has 1 heterocycles. The van der Waals surface area contributed by atoms with Crippen molar-refractivity contribution in [2.24, 2.45) is 0 Å². The maximum absolute atomic E-state index is 9.11. The van der Waals surface area contributed by atoms with E-state index in [9.17, 15) is 0 Å². The Morgan fingerprint density at radius 3 is 2.45 bits per heavy atom. The minimum atomic E-state index is -0.222. The minimum absolute atomic E-state index is 0.222. The molecule has 106 valence electrons. The third kappa shape index (κ3) is 3.85. The lowest BCUT2D eigenvalue weighted by molar-refractivity contribution is 0.275. The van der Waals surface area contributed by atoms with Crippen LogP contribution >= 0.6 is 11.6 Å². The molecular weight excluding hydrogens is 278 g/mol. The molecule has 1 N–H and O–H groups in total. The third-order valence-corrected chi connectivity index (χ3v) is 2.91. The van der Waals surface area contributed by atoms with E-state index >= 15 is 0 Å². The Labute approximate surface area is 122 Å². The number of hydrogen-bond donors (Lipinski definition) is 1. The van der Waals surface area contributed by atoms with Crippen molar-refractivity contribution in [3.05, 3.63) is 47.1 Å². The fraction of sp³-hybridized carbons (Fsp3) is 0.267. The second-order valence-electron chi connectivity index (χ2n) is 4.16. The van der Waals surface area contributed by atoms with Gasteiger partial charge in [-0.05, 0) is 36.8 Å². The second-order valence-corrected chi connectivity index (χ2v) is 4.57. The zero-order chi connectivity index (χ0) is 14.4. The predicted molar refractivity (Wildman–Crippen MR) is 77.5 cm³/mol. The summed E-state index contributed by atoms with van der Waals surface area (Å²) in [5, 5.41) is 9.53. The summed E-state index contributed by atoms with van der Waals surface area (Å²) in [7, 11) is 0. The molecule has 0 atom stereocenters. The Morgan fingerprint density at radius 2 is 1.80 bits per heavy atom. The van der Waals surface area contributed by atoms with E-state index in [-0.39, 0.29) is 6.61 Å². The lowest BCUT2D eigenvalue weighted by Gasteiger charge is -2.08. The van der Waals surface area contributed by atoms with Crippen molar-refractivity contribution < 1.29 is 14.6 Å². The number of ether oxygens (including phenoxy) is 2. The third-order valence-electron chi connectivity index (χ3n) is 2.56. The van der Waals surface area contributed by atoms with E-state index in [4.69, 9.17) is 26.2 Å². The van der Waals surface area contributed by atoms with Crippen LogP contribution in [0.5, 0.6) is 17.4 Å². The first-order chi connectivity index (χ1) is 9.72. The summed E-state index contributed by atoms with van der Waals surface area (Å²) in [5.74, 6) is 1.84. The highest BCUT2D eigenvalue weighted by molar-refractivity contribution is 6.31. The van der Waals surface area contributed by atoms with Gasteiger partial charge in [0.2, 0.25) is 5.88 Å². The number of pyridine rings is 1. The summed E-state index contributed by atoms with van der Waals surface area (Å²) < 4.78 is 11.1. The van der Waals surface area contributed by atoms with Crippen molar-refractivity contribution in [2.45, 2.75) is 20.0 Å². The normalized spacial score (nSPS) is 10.3. The zero-order valence-corrected chi connectivity index (χ0v) is 11.9. The van der Waals surface area contributed by atoms with Crippen LogP contribution in [0.4, 0.5) is 0 Å². The maximum Gasteiger partial charge on any atom is 0.219 e. The number of halogens is 1. The summed E-state index contributed by atoms with van der Waals surface area (Å²) in [4.78, 5) is 4.12. The van der Waals surface area contributed by atoms with Crippen LogP contribution in [0.3, 0.4) is 0 Å². The van der Waals surface area contributed by atoms with E-state index in [1.54, 1.807) is 24.3 Å². The Kier molecular flexibility index (Phi) is 5.21. The van der Waals surface area contributed by atoms with Crippen molar-refractivity contribution in [1.82, 2.24) is 4.98 Å². The fourth-order valence-electron chi connectivity index (χ4n) is 1.58. The topological polar surface area (TPSA) is 51.6 Å². The molecule has 0 aliphatic rings. The van der Waals surface area contributed by atoms with E-state index in [2.05, 4.69) is 11.9 Å². The maximum atomic E-state index is 9.11. The van der Waals surface area contributed by atoms with Crippen LogP contribution in [0, 0.1) is 0 Å². The van der Waals surface area contributed by atoms with Crippen molar-refractivity contribution in [2.75, 3.05) is 6.61 Å². The van der Waals surface area contributed by atoms with Crippen LogP contribution in [-0.4, -0.2) is 16.7 Å². The average Bonchev–Trinajstić information content (AvgIpc) is 2.48. The molecule has 20 heavy (non-hydrogen) atoms. The van der Waals surface area contributed by atoms with Gasteiger partial charge in [0, 0.05) is 6.07 Å². The van der Waals surface area contributed by atoms with E-state index in [0.717, 1.165) is 12.2 Å². The van der Waals surface area contributed by atoms with Gasteiger partial charge in [-0.3, -0.25) is 0 Å². The number of aliphatic hydroxyl groups excluding tert-OH is 1. The summed E-state index contributed by atoms with van der Waals surface area (Å²) in [6.45, 7) is 2.53. The quantitative estimate of drug-likeness (QED) is 0.880. The van der Waals surface area contributed by atoms with Gasteiger partial charge in [0.15, 0.2) is 0 Å². The van der Waals surface area contributed by atoms with E-state index in [1.807, 2.05) is 12.1 Å². The molecular formula is C15H16ClNO3. The SMILES string of the molecule is CCCOc1ccc(Oc2ccc(Cl)c(CO)n2)cc1. The molecule has 0 amide bonds. The molecule has 0 saturated heterocycles. The highest BCUT2D eigenvalue weighted by Crippen LogP contribution is 2.25. The molecule has 1 aromatic heterocycles.